The van der Waals surface area contributed by atoms with Gasteiger partial charge in [0.25, 0.3) is 5.91 Å². The average Bonchev–Trinajstić information content (AvgIpc) is 3.05. The van der Waals surface area contributed by atoms with Gasteiger partial charge in [-0.25, -0.2) is 21.6 Å². The zero-order chi connectivity index (χ0) is 21.9. The summed E-state index contributed by atoms with van der Waals surface area (Å²) in [5.41, 5.74) is 2.99. The fraction of sp³-hybridized carbons (Fsp3) is 0.381. The van der Waals surface area contributed by atoms with Gasteiger partial charge in [0.15, 0.2) is 9.84 Å². The second-order valence-electron chi connectivity index (χ2n) is 7.36. The van der Waals surface area contributed by atoms with Crippen LogP contribution in [0.1, 0.15) is 41.8 Å². The van der Waals surface area contributed by atoms with Crippen LogP contribution in [0.25, 0.3) is 0 Å². The van der Waals surface area contributed by atoms with Gasteiger partial charge < -0.3 is 5.32 Å². The molecule has 1 atom stereocenters. The highest BCUT2D eigenvalue weighted by Crippen LogP contribution is 2.24. The Morgan fingerprint density at radius 3 is 2.27 bits per heavy atom. The molecule has 1 fully saturated rings. The molecule has 1 amide bonds. The number of rotatable bonds is 7. The number of para-hydroxylation sites is 1. The van der Waals surface area contributed by atoms with Crippen molar-refractivity contribution in [3.8, 4) is 0 Å². The van der Waals surface area contributed by atoms with Gasteiger partial charge in [-0.1, -0.05) is 38.1 Å². The van der Waals surface area contributed by atoms with Crippen LogP contribution in [0.15, 0.2) is 47.4 Å². The third kappa shape index (κ3) is 5.08. The van der Waals surface area contributed by atoms with Crippen LogP contribution >= 0.6 is 0 Å². The zero-order valence-electron chi connectivity index (χ0n) is 17.0. The van der Waals surface area contributed by atoms with E-state index in [1.807, 2.05) is 32.0 Å². The van der Waals surface area contributed by atoms with Crippen molar-refractivity contribution >= 4 is 31.5 Å². The number of hydrogen-bond donors (Lipinski definition) is 2. The van der Waals surface area contributed by atoms with Crippen LogP contribution in [0.2, 0.25) is 0 Å². The molecule has 7 nitrogen and oxygen atoms in total. The van der Waals surface area contributed by atoms with E-state index in [9.17, 15) is 21.6 Å². The summed E-state index contributed by atoms with van der Waals surface area (Å²) in [6.45, 7) is 4.01. The van der Waals surface area contributed by atoms with E-state index in [-0.39, 0.29) is 28.4 Å². The van der Waals surface area contributed by atoms with Gasteiger partial charge in [0.1, 0.15) is 0 Å². The summed E-state index contributed by atoms with van der Waals surface area (Å²) in [6, 6.07) is 11.0. The molecule has 0 aromatic heterocycles. The minimum Gasteiger partial charge on any atom is -0.321 e. The Bertz CT molecular complexity index is 1140. The van der Waals surface area contributed by atoms with Gasteiger partial charge in [-0.3, -0.25) is 4.79 Å². The minimum atomic E-state index is -3.94. The average molecular weight is 451 g/mol. The normalized spacial score (nSPS) is 18.3. The molecule has 9 heteroatoms. The van der Waals surface area contributed by atoms with Gasteiger partial charge in [0.2, 0.25) is 10.0 Å². The number of aryl methyl sites for hydroxylation is 2. The molecule has 2 aromatic carbocycles. The first-order valence-electron chi connectivity index (χ1n) is 9.90. The van der Waals surface area contributed by atoms with E-state index in [0.717, 1.165) is 29.7 Å². The monoisotopic (exact) mass is 450 g/mol. The number of amides is 1. The molecule has 0 radical (unpaired) electrons. The number of nitrogens with one attached hydrogen (secondary N) is 2. The Balaban J connectivity index is 1.83. The standard InChI is InChI=1S/C21H26N2O5S2/c1-3-15-7-5-8-16(4-2)20(15)22-21(24)17-9-6-10-19(13-17)30(27,28)23-18-11-12-29(25,26)14-18/h5-10,13,18,23H,3-4,11-12,14H2,1-2H3,(H,22,24). The molecule has 162 valence electrons. The predicted octanol–water partition coefficient (Wildman–Crippen LogP) is 2.53. The Kier molecular flexibility index (Phi) is 6.64. The Morgan fingerprint density at radius 2 is 1.70 bits per heavy atom. The zero-order valence-corrected chi connectivity index (χ0v) is 18.6. The third-order valence-electron chi connectivity index (χ3n) is 5.20. The van der Waals surface area contributed by atoms with Crippen molar-refractivity contribution in [1.82, 2.24) is 4.72 Å². The van der Waals surface area contributed by atoms with E-state index in [1.54, 1.807) is 6.07 Å². The second-order valence-corrected chi connectivity index (χ2v) is 11.3. The number of sulfonamides is 1. The quantitative estimate of drug-likeness (QED) is 0.674. The lowest BCUT2D eigenvalue weighted by molar-refractivity contribution is 0.102. The number of carbonyl (C=O) groups is 1. The van der Waals surface area contributed by atoms with Crippen LogP contribution in [-0.2, 0) is 32.7 Å². The lowest BCUT2D eigenvalue weighted by Gasteiger charge is -2.15. The van der Waals surface area contributed by atoms with Gasteiger partial charge >= 0.3 is 0 Å². The van der Waals surface area contributed by atoms with Crippen LogP contribution in [0.3, 0.4) is 0 Å². The molecular weight excluding hydrogens is 424 g/mol. The van der Waals surface area contributed by atoms with Crippen LogP contribution < -0.4 is 10.0 Å². The minimum absolute atomic E-state index is 0.0285. The number of carbonyl (C=O) groups excluding carboxylic acids is 1. The maximum absolute atomic E-state index is 12.9. The molecule has 1 saturated heterocycles. The molecule has 2 N–H and O–H groups in total. The molecule has 0 spiro atoms. The SMILES string of the molecule is CCc1cccc(CC)c1NC(=O)c1cccc(S(=O)(=O)NC2CCS(=O)(=O)C2)c1. The predicted molar refractivity (Wildman–Crippen MR) is 117 cm³/mol. The molecule has 0 bridgehead atoms. The highest BCUT2D eigenvalue weighted by Gasteiger charge is 2.31. The lowest BCUT2D eigenvalue weighted by atomic mass is 10.0. The van der Waals surface area contributed by atoms with Crippen molar-refractivity contribution in [2.75, 3.05) is 16.8 Å². The van der Waals surface area contributed by atoms with Crippen LogP contribution in [-0.4, -0.2) is 40.3 Å². The second kappa shape index (κ2) is 8.87. The van der Waals surface area contributed by atoms with E-state index in [0.29, 0.717) is 0 Å². The Morgan fingerprint density at radius 1 is 1.07 bits per heavy atom. The summed E-state index contributed by atoms with van der Waals surface area (Å²) in [4.78, 5) is 12.8. The van der Waals surface area contributed by atoms with Crippen molar-refractivity contribution < 1.29 is 21.6 Å². The van der Waals surface area contributed by atoms with E-state index >= 15 is 0 Å². The van der Waals surface area contributed by atoms with Crippen molar-refractivity contribution in [2.45, 2.75) is 44.0 Å². The molecule has 0 aliphatic carbocycles. The van der Waals surface area contributed by atoms with Crippen molar-refractivity contribution in [3.63, 3.8) is 0 Å². The highest BCUT2D eigenvalue weighted by molar-refractivity contribution is 7.92. The Labute approximate surface area is 177 Å². The highest BCUT2D eigenvalue weighted by atomic mass is 32.2. The summed E-state index contributed by atoms with van der Waals surface area (Å²) in [5.74, 6) is -0.634. The Hall–Kier alpha value is -2.23. The number of anilines is 1. The first-order valence-corrected chi connectivity index (χ1v) is 13.2. The number of hydrogen-bond acceptors (Lipinski definition) is 5. The van der Waals surface area contributed by atoms with Gasteiger partial charge in [0.05, 0.1) is 16.4 Å². The molecule has 2 aromatic rings. The summed E-state index contributed by atoms with van der Waals surface area (Å²) in [7, 11) is -7.15. The molecule has 3 rings (SSSR count). The fourth-order valence-electron chi connectivity index (χ4n) is 3.57. The summed E-state index contributed by atoms with van der Waals surface area (Å²) >= 11 is 0. The maximum atomic E-state index is 12.9. The number of sulfone groups is 1. The maximum Gasteiger partial charge on any atom is 0.255 e. The van der Waals surface area contributed by atoms with Gasteiger partial charge in [-0.05, 0) is 48.6 Å². The third-order valence-corrected chi connectivity index (χ3v) is 8.48. The summed E-state index contributed by atoms with van der Waals surface area (Å²) in [6.07, 6.45) is 1.76. The molecular formula is C21H26N2O5S2. The largest absolute Gasteiger partial charge is 0.321 e. The van der Waals surface area contributed by atoms with E-state index in [4.69, 9.17) is 0 Å². The van der Waals surface area contributed by atoms with Crippen LogP contribution in [0.4, 0.5) is 5.69 Å². The lowest BCUT2D eigenvalue weighted by Crippen LogP contribution is -2.35. The van der Waals surface area contributed by atoms with Gasteiger partial charge in [-0.2, -0.15) is 0 Å². The van der Waals surface area contributed by atoms with E-state index in [2.05, 4.69) is 10.0 Å². The molecule has 1 aliphatic rings. The topological polar surface area (TPSA) is 109 Å². The van der Waals surface area contributed by atoms with E-state index < -0.39 is 31.8 Å². The van der Waals surface area contributed by atoms with Gasteiger partial charge in [0, 0.05) is 17.3 Å². The first kappa shape index (κ1) is 22.5. The smallest absolute Gasteiger partial charge is 0.255 e. The van der Waals surface area contributed by atoms with Crippen LogP contribution in [0, 0.1) is 0 Å². The summed E-state index contributed by atoms with van der Waals surface area (Å²) in [5, 5.41) is 2.93. The van der Waals surface area contributed by atoms with Crippen molar-refractivity contribution in [1.29, 1.82) is 0 Å². The van der Waals surface area contributed by atoms with Crippen molar-refractivity contribution in [3.05, 3.63) is 59.2 Å². The first-order chi connectivity index (χ1) is 14.1. The van der Waals surface area contributed by atoms with Crippen molar-refractivity contribution in [2.24, 2.45) is 0 Å². The molecule has 30 heavy (non-hydrogen) atoms. The van der Waals surface area contributed by atoms with E-state index in [1.165, 1.54) is 18.2 Å². The summed E-state index contributed by atoms with van der Waals surface area (Å²) < 4.78 is 51.0. The molecule has 1 unspecified atom stereocenters. The molecule has 0 saturated carbocycles. The fourth-order valence-corrected chi connectivity index (χ4v) is 6.66. The molecule has 1 heterocycles. The molecule has 1 aliphatic heterocycles. The number of benzene rings is 2. The van der Waals surface area contributed by atoms with Gasteiger partial charge in [-0.15, -0.1) is 0 Å². The van der Waals surface area contributed by atoms with Crippen LogP contribution in [0.5, 0.6) is 0 Å².